The minimum Gasteiger partial charge on any atom is -0.364 e. The van der Waals surface area contributed by atoms with E-state index in [1.54, 1.807) is 24.3 Å². The summed E-state index contributed by atoms with van der Waals surface area (Å²) in [4.78, 5) is 4.87. The van der Waals surface area contributed by atoms with Crippen LogP contribution < -0.4 is 5.32 Å². The van der Waals surface area contributed by atoms with Crippen molar-refractivity contribution in [1.29, 1.82) is 0 Å². The van der Waals surface area contributed by atoms with Crippen molar-refractivity contribution in [3.8, 4) is 0 Å². The predicted octanol–water partition coefficient (Wildman–Crippen LogP) is 5.38. The quantitative estimate of drug-likeness (QED) is 0.647. The zero-order valence-corrected chi connectivity index (χ0v) is 14.8. The molecule has 0 bridgehead atoms. The maximum absolute atomic E-state index is 13.3. The van der Waals surface area contributed by atoms with E-state index in [2.05, 4.69) is 17.4 Å². The molecule has 1 N–H and O–H groups in total. The molecule has 0 radical (unpaired) electrons. The lowest BCUT2D eigenvalue weighted by Gasteiger charge is -2.19. The summed E-state index contributed by atoms with van der Waals surface area (Å²) in [7, 11) is 0. The first-order chi connectivity index (χ1) is 13.2. The summed E-state index contributed by atoms with van der Waals surface area (Å²) in [5.41, 5.74) is 3.16. The number of rotatable bonds is 5. The molecule has 1 aliphatic rings. The molecule has 4 heteroatoms. The zero-order valence-electron chi connectivity index (χ0n) is 14.8. The van der Waals surface area contributed by atoms with Crippen LogP contribution in [0.3, 0.4) is 0 Å². The van der Waals surface area contributed by atoms with Gasteiger partial charge in [0.25, 0.3) is 0 Å². The number of aliphatic imine (C=N–C) groups is 1. The van der Waals surface area contributed by atoms with Gasteiger partial charge in [0.2, 0.25) is 0 Å². The minimum atomic E-state index is -0.267. The van der Waals surface area contributed by atoms with Gasteiger partial charge in [-0.3, -0.25) is 4.99 Å². The predicted molar refractivity (Wildman–Crippen MR) is 104 cm³/mol. The molecule has 0 spiro atoms. The van der Waals surface area contributed by atoms with Gasteiger partial charge in [-0.15, -0.1) is 0 Å². The second-order valence-corrected chi connectivity index (χ2v) is 6.73. The highest BCUT2D eigenvalue weighted by molar-refractivity contribution is 5.85. The molecule has 4 rings (SSSR count). The maximum atomic E-state index is 13.3. The number of aryl methyl sites for hydroxylation is 1. The number of hydrogen-bond donors (Lipinski definition) is 1. The van der Waals surface area contributed by atoms with Crippen LogP contribution in [0, 0.1) is 11.6 Å². The second kappa shape index (κ2) is 7.70. The average Bonchev–Trinajstić information content (AvgIpc) is 3.13. The summed E-state index contributed by atoms with van der Waals surface area (Å²) >= 11 is 0. The lowest BCUT2D eigenvalue weighted by molar-refractivity contribution is 0.564. The molecule has 3 aromatic carbocycles. The van der Waals surface area contributed by atoms with Crippen molar-refractivity contribution in [2.24, 2.45) is 4.99 Å². The molecular weight excluding hydrogens is 342 g/mol. The number of halogens is 2. The molecule has 1 heterocycles. The van der Waals surface area contributed by atoms with E-state index in [1.807, 2.05) is 18.2 Å². The number of amidine groups is 1. The average molecular weight is 362 g/mol. The molecule has 0 fully saturated rings. The van der Waals surface area contributed by atoms with Gasteiger partial charge in [-0.1, -0.05) is 54.6 Å². The summed E-state index contributed by atoms with van der Waals surface area (Å²) in [6, 6.07) is 22.9. The van der Waals surface area contributed by atoms with Gasteiger partial charge in [0.1, 0.15) is 17.7 Å². The van der Waals surface area contributed by atoms with Crippen molar-refractivity contribution in [3.05, 3.63) is 107 Å². The van der Waals surface area contributed by atoms with Crippen molar-refractivity contribution in [2.45, 2.75) is 24.9 Å². The fraction of sp³-hybridized carbons (Fsp3) is 0.174. The first-order valence-corrected chi connectivity index (χ1v) is 9.07. The Morgan fingerprint density at radius 3 is 1.93 bits per heavy atom. The maximum Gasteiger partial charge on any atom is 0.123 e. The number of benzene rings is 3. The Labute approximate surface area is 157 Å². The topological polar surface area (TPSA) is 24.4 Å². The third kappa shape index (κ3) is 4.05. The molecule has 0 aromatic heterocycles. The minimum absolute atomic E-state index is 0.0955. The van der Waals surface area contributed by atoms with Gasteiger partial charge in [-0.05, 0) is 47.4 Å². The molecule has 2 atom stereocenters. The van der Waals surface area contributed by atoms with E-state index in [-0.39, 0.29) is 23.7 Å². The largest absolute Gasteiger partial charge is 0.364 e. The Morgan fingerprint density at radius 2 is 1.30 bits per heavy atom. The van der Waals surface area contributed by atoms with E-state index < -0.39 is 0 Å². The molecule has 0 aliphatic carbocycles. The third-order valence-corrected chi connectivity index (χ3v) is 4.87. The monoisotopic (exact) mass is 362 g/mol. The Balaban J connectivity index is 1.58. The Hall–Kier alpha value is -3.01. The number of nitrogens with one attached hydrogen (secondary N) is 1. The van der Waals surface area contributed by atoms with Gasteiger partial charge in [0.05, 0.1) is 11.9 Å². The van der Waals surface area contributed by atoms with Crippen molar-refractivity contribution in [2.75, 3.05) is 0 Å². The molecule has 0 unspecified atom stereocenters. The highest BCUT2D eigenvalue weighted by atomic mass is 19.1. The molecule has 3 aromatic rings. The summed E-state index contributed by atoms with van der Waals surface area (Å²) in [6.07, 6.45) is 1.68. The Morgan fingerprint density at radius 1 is 0.704 bits per heavy atom. The molecule has 27 heavy (non-hydrogen) atoms. The first-order valence-electron chi connectivity index (χ1n) is 9.07. The lowest BCUT2D eigenvalue weighted by atomic mass is 9.95. The molecular formula is C23H20F2N2. The van der Waals surface area contributed by atoms with Crippen molar-refractivity contribution in [1.82, 2.24) is 5.32 Å². The van der Waals surface area contributed by atoms with E-state index >= 15 is 0 Å². The molecule has 0 amide bonds. The van der Waals surface area contributed by atoms with Gasteiger partial charge in [0, 0.05) is 6.42 Å². The van der Waals surface area contributed by atoms with Crippen LogP contribution in [0.5, 0.6) is 0 Å². The van der Waals surface area contributed by atoms with Gasteiger partial charge < -0.3 is 5.32 Å². The number of nitrogens with zero attached hydrogens (tertiary/aromatic N) is 1. The van der Waals surface area contributed by atoms with Crippen LogP contribution in [0.2, 0.25) is 0 Å². The van der Waals surface area contributed by atoms with E-state index in [9.17, 15) is 8.78 Å². The van der Waals surface area contributed by atoms with Crippen molar-refractivity contribution in [3.63, 3.8) is 0 Å². The normalized spacial score (nSPS) is 18.8. The van der Waals surface area contributed by atoms with Gasteiger partial charge >= 0.3 is 0 Å². The van der Waals surface area contributed by atoms with Crippen LogP contribution in [0.15, 0.2) is 83.9 Å². The van der Waals surface area contributed by atoms with Crippen molar-refractivity contribution < 1.29 is 8.78 Å². The molecule has 0 saturated heterocycles. The van der Waals surface area contributed by atoms with Crippen LogP contribution >= 0.6 is 0 Å². The van der Waals surface area contributed by atoms with Gasteiger partial charge in [-0.2, -0.15) is 0 Å². The second-order valence-electron chi connectivity index (χ2n) is 6.73. The summed E-state index contributed by atoms with van der Waals surface area (Å²) < 4.78 is 26.7. The summed E-state index contributed by atoms with van der Waals surface area (Å²) in [5.74, 6) is 0.388. The van der Waals surface area contributed by atoms with Crippen LogP contribution in [-0.4, -0.2) is 5.84 Å². The standard InChI is InChI=1S/C23H20F2N2/c24-19-11-7-17(8-12-19)22-23(18-9-13-20(25)14-10-18)27-21(26-22)15-6-16-4-2-1-3-5-16/h1-5,7-14,22-23H,6,15H2,(H,26,27)/t22-,23+. The Kier molecular flexibility index (Phi) is 4.97. The fourth-order valence-electron chi connectivity index (χ4n) is 3.44. The van der Waals surface area contributed by atoms with Crippen molar-refractivity contribution >= 4 is 5.84 Å². The third-order valence-electron chi connectivity index (χ3n) is 4.87. The summed E-state index contributed by atoms with van der Waals surface area (Å²) in [6.45, 7) is 0. The first kappa shape index (κ1) is 17.4. The van der Waals surface area contributed by atoms with Gasteiger partial charge in [-0.25, -0.2) is 8.78 Å². The highest BCUT2D eigenvalue weighted by Gasteiger charge is 2.31. The molecule has 136 valence electrons. The molecule has 1 aliphatic heterocycles. The van der Waals surface area contributed by atoms with E-state index in [1.165, 1.54) is 29.8 Å². The Bertz CT molecular complexity index is 919. The van der Waals surface area contributed by atoms with E-state index in [0.717, 1.165) is 29.8 Å². The van der Waals surface area contributed by atoms with Crippen LogP contribution in [0.1, 0.15) is 35.2 Å². The van der Waals surface area contributed by atoms with Crippen LogP contribution in [0.25, 0.3) is 0 Å². The summed E-state index contributed by atoms with van der Waals surface area (Å²) in [5, 5.41) is 3.49. The molecule has 2 nitrogen and oxygen atoms in total. The highest BCUT2D eigenvalue weighted by Crippen LogP contribution is 2.36. The molecule has 0 saturated carbocycles. The SMILES string of the molecule is Fc1ccc([C@H]2NC(CCc3ccccc3)=N[C@H]2c2ccc(F)cc2)cc1. The lowest BCUT2D eigenvalue weighted by Crippen LogP contribution is -2.24. The van der Waals surface area contributed by atoms with E-state index in [0.29, 0.717) is 0 Å². The smallest absolute Gasteiger partial charge is 0.123 e. The van der Waals surface area contributed by atoms with Crippen LogP contribution in [-0.2, 0) is 6.42 Å². The number of hydrogen-bond acceptors (Lipinski definition) is 2. The van der Waals surface area contributed by atoms with Crippen LogP contribution in [0.4, 0.5) is 8.78 Å². The van der Waals surface area contributed by atoms with E-state index in [4.69, 9.17) is 4.99 Å². The van der Waals surface area contributed by atoms with Gasteiger partial charge in [0.15, 0.2) is 0 Å². The zero-order chi connectivity index (χ0) is 18.6. The fourth-order valence-corrected chi connectivity index (χ4v) is 3.44.